The molecule has 1 aromatic carbocycles. The normalized spacial score (nSPS) is 12.4. The van der Waals surface area contributed by atoms with Gasteiger partial charge < -0.3 is 5.32 Å². The van der Waals surface area contributed by atoms with Crippen LogP contribution in [0.15, 0.2) is 16.6 Å². The zero-order chi connectivity index (χ0) is 15.0. The van der Waals surface area contributed by atoms with Crippen LogP contribution in [0.4, 0.5) is 27.6 Å². The Labute approximate surface area is 114 Å². The molecule has 1 aromatic rings. The highest BCUT2D eigenvalue weighted by Gasteiger charge is 2.63. The van der Waals surface area contributed by atoms with Crippen LogP contribution in [0, 0.1) is 13.8 Å². The van der Waals surface area contributed by atoms with E-state index in [1.54, 1.807) is 5.32 Å². The number of anilines is 1. The molecule has 0 spiro atoms. The Morgan fingerprint density at radius 1 is 1.11 bits per heavy atom. The molecule has 0 atom stereocenters. The van der Waals surface area contributed by atoms with E-state index in [-0.39, 0.29) is 5.69 Å². The highest BCUT2D eigenvalue weighted by atomic mass is 79.9. The molecular formula is C11H9BrF5NO. The fourth-order valence-electron chi connectivity index (χ4n) is 1.43. The summed E-state index contributed by atoms with van der Waals surface area (Å²) < 4.78 is 62.3. The smallest absolute Gasteiger partial charge is 0.320 e. The van der Waals surface area contributed by atoms with Crippen molar-refractivity contribution < 1.29 is 26.7 Å². The first-order valence-corrected chi connectivity index (χ1v) is 5.79. The monoisotopic (exact) mass is 345 g/mol. The van der Waals surface area contributed by atoms with Gasteiger partial charge in [0.15, 0.2) is 0 Å². The fraction of sp³-hybridized carbons (Fsp3) is 0.364. The van der Waals surface area contributed by atoms with Crippen LogP contribution in [-0.4, -0.2) is 18.0 Å². The van der Waals surface area contributed by atoms with E-state index < -0.39 is 18.0 Å². The third kappa shape index (κ3) is 3.23. The molecule has 0 aliphatic carbocycles. The van der Waals surface area contributed by atoms with E-state index in [4.69, 9.17) is 0 Å². The first-order valence-electron chi connectivity index (χ1n) is 4.99. The molecule has 0 aliphatic heterocycles. The van der Waals surface area contributed by atoms with Crippen molar-refractivity contribution in [2.24, 2.45) is 0 Å². The Bertz CT molecular complexity index is 489. The minimum Gasteiger partial charge on any atom is -0.320 e. The first-order chi connectivity index (χ1) is 8.46. The van der Waals surface area contributed by atoms with Gasteiger partial charge in [0, 0.05) is 10.2 Å². The number of carbonyl (C=O) groups excluding carboxylic acids is 1. The van der Waals surface area contributed by atoms with Crippen LogP contribution in [0.25, 0.3) is 0 Å². The predicted octanol–water partition coefficient (Wildman–Crippen LogP) is 4.20. The van der Waals surface area contributed by atoms with E-state index in [1.807, 2.05) is 0 Å². The van der Waals surface area contributed by atoms with Crippen molar-refractivity contribution in [1.29, 1.82) is 0 Å². The minimum absolute atomic E-state index is 0.0582. The van der Waals surface area contributed by atoms with Gasteiger partial charge in [-0.25, -0.2) is 0 Å². The van der Waals surface area contributed by atoms with E-state index in [9.17, 15) is 26.7 Å². The summed E-state index contributed by atoms with van der Waals surface area (Å²) in [6.07, 6.45) is -5.92. The summed E-state index contributed by atoms with van der Waals surface area (Å²) in [5.41, 5.74) is 0.688. The number of nitrogens with one attached hydrogen (secondary N) is 1. The fourth-order valence-corrected chi connectivity index (χ4v) is 2.12. The van der Waals surface area contributed by atoms with Gasteiger partial charge in [-0.2, -0.15) is 22.0 Å². The lowest BCUT2D eigenvalue weighted by atomic mass is 10.1. The summed E-state index contributed by atoms with van der Waals surface area (Å²) in [5, 5.41) is 1.62. The maximum Gasteiger partial charge on any atom is 0.463 e. The number of alkyl halides is 5. The zero-order valence-electron chi connectivity index (χ0n) is 9.83. The minimum atomic E-state index is -5.92. The molecule has 0 aliphatic rings. The molecule has 0 fully saturated rings. The second-order valence-corrected chi connectivity index (χ2v) is 4.86. The molecule has 0 heterocycles. The van der Waals surface area contributed by atoms with Gasteiger partial charge in [0.1, 0.15) is 0 Å². The van der Waals surface area contributed by atoms with Gasteiger partial charge in [0.2, 0.25) is 0 Å². The van der Waals surface area contributed by atoms with Crippen LogP contribution in [0.3, 0.4) is 0 Å². The average molecular weight is 346 g/mol. The first kappa shape index (κ1) is 15.9. The van der Waals surface area contributed by atoms with Gasteiger partial charge in [0.05, 0.1) is 0 Å². The number of rotatable bonds is 2. The van der Waals surface area contributed by atoms with Crippen molar-refractivity contribution in [3.05, 3.63) is 27.7 Å². The summed E-state index contributed by atoms with van der Waals surface area (Å²) in [5.74, 6) is -7.83. The van der Waals surface area contributed by atoms with Crippen LogP contribution < -0.4 is 5.32 Å². The zero-order valence-corrected chi connectivity index (χ0v) is 11.4. The molecule has 0 saturated carbocycles. The van der Waals surface area contributed by atoms with E-state index in [2.05, 4.69) is 15.9 Å². The third-order valence-electron chi connectivity index (χ3n) is 2.38. The summed E-state index contributed by atoms with van der Waals surface area (Å²) in [6.45, 7) is 2.97. The molecule has 19 heavy (non-hydrogen) atoms. The van der Waals surface area contributed by atoms with Gasteiger partial charge in [0.25, 0.3) is 0 Å². The number of aryl methyl sites for hydroxylation is 2. The van der Waals surface area contributed by atoms with Crippen molar-refractivity contribution in [1.82, 2.24) is 0 Å². The lowest BCUT2D eigenvalue weighted by molar-refractivity contribution is -0.267. The SMILES string of the molecule is Cc1cc(Br)cc(C)c1NC(=O)C(F)(F)C(F)(F)F. The molecule has 8 heteroatoms. The van der Waals surface area contributed by atoms with E-state index in [1.165, 1.54) is 26.0 Å². The van der Waals surface area contributed by atoms with Crippen molar-refractivity contribution in [2.45, 2.75) is 25.9 Å². The number of carbonyl (C=O) groups is 1. The Kier molecular flexibility index (Phi) is 4.23. The molecule has 0 saturated heterocycles. The Morgan fingerprint density at radius 2 is 1.53 bits per heavy atom. The third-order valence-corrected chi connectivity index (χ3v) is 2.84. The van der Waals surface area contributed by atoms with Crippen molar-refractivity contribution in [3.8, 4) is 0 Å². The van der Waals surface area contributed by atoms with Gasteiger partial charge >= 0.3 is 18.0 Å². The molecule has 106 valence electrons. The van der Waals surface area contributed by atoms with Gasteiger partial charge in [-0.05, 0) is 37.1 Å². The van der Waals surface area contributed by atoms with E-state index in [0.717, 1.165) is 0 Å². The van der Waals surface area contributed by atoms with E-state index >= 15 is 0 Å². The highest BCUT2D eigenvalue weighted by molar-refractivity contribution is 9.10. The molecule has 1 amide bonds. The molecular weight excluding hydrogens is 337 g/mol. The van der Waals surface area contributed by atoms with Crippen LogP contribution in [0.2, 0.25) is 0 Å². The number of halogens is 6. The standard InChI is InChI=1S/C11H9BrF5NO/c1-5-3-7(12)4-6(2)8(5)18-9(19)10(13,14)11(15,16)17/h3-4H,1-2H3,(H,18,19). The van der Waals surface area contributed by atoms with Crippen molar-refractivity contribution in [2.75, 3.05) is 5.32 Å². The van der Waals surface area contributed by atoms with Crippen LogP contribution in [0.1, 0.15) is 11.1 Å². The van der Waals surface area contributed by atoms with Gasteiger partial charge in [-0.3, -0.25) is 4.79 Å². The van der Waals surface area contributed by atoms with Gasteiger partial charge in [-0.15, -0.1) is 0 Å². The Morgan fingerprint density at radius 3 is 1.89 bits per heavy atom. The van der Waals surface area contributed by atoms with Crippen molar-refractivity contribution in [3.63, 3.8) is 0 Å². The predicted molar refractivity (Wildman–Crippen MR) is 63.2 cm³/mol. The molecule has 2 nitrogen and oxygen atoms in total. The Hall–Kier alpha value is -1.18. The van der Waals surface area contributed by atoms with Crippen LogP contribution in [-0.2, 0) is 4.79 Å². The number of amides is 1. The van der Waals surface area contributed by atoms with Crippen molar-refractivity contribution >= 4 is 27.5 Å². The number of benzene rings is 1. The summed E-state index contributed by atoms with van der Waals surface area (Å²) in [6, 6.07) is 2.99. The van der Waals surface area contributed by atoms with Crippen LogP contribution in [0.5, 0.6) is 0 Å². The molecule has 1 N–H and O–H groups in total. The molecule has 0 aromatic heterocycles. The maximum atomic E-state index is 12.8. The van der Waals surface area contributed by atoms with Crippen LogP contribution >= 0.6 is 15.9 Å². The average Bonchev–Trinajstić information content (AvgIpc) is 2.21. The lowest BCUT2D eigenvalue weighted by Gasteiger charge is -2.20. The Balaban J connectivity index is 3.08. The summed E-state index contributed by atoms with van der Waals surface area (Å²) in [4.78, 5) is 11.1. The molecule has 0 radical (unpaired) electrons. The molecule has 1 rings (SSSR count). The lowest BCUT2D eigenvalue weighted by Crippen LogP contribution is -2.47. The molecule has 0 bridgehead atoms. The largest absolute Gasteiger partial charge is 0.463 e. The summed E-state index contributed by atoms with van der Waals surface area (Å²) in [7, 11) is 0. The number of hydrogen-bond acceptors (Lipinski definition) is 1. The summed E-state index contributed by atoms with van der Waals surface area (Å²) >= 11 is 3.14. The maximum absolute atomic E-state index is 12.8. The highest BCUT2D eigenvalue weighted by Crippen LogP contribution is 2.37. The topological polar surface area (TPSA) is 29.1 Å². The molecule has 0 unspecified atom stereocenters. The van der Waals surface area contributed by atoms with Gasteiger partial charge in [-0.1, -0.05) is 15.9 Å². The quantitative estimate of drug-likeness (QED) is 0.799. The number of hydrogen-bond donors (Lipinski definition) is 1. The second kappa shape index (κ2) is 5.07. The second-order valence-electron chi connectivity index (χ2n) is 3.94. The van der Waals surface area contributed by atoms with E-state index in [0.29, 0.717) is 15.6 Å².